The van der Waals surface area contributed by atoms with Gasteiger partial charge in [0.1, 0.15) is 11.5 Å². The lowest BCUT2D eigenvalue weighted by atomic mass is 10.1. The van der Waals surface area contributed by atoms with Crippen molar-refractivity contribution < 1.29 is 46.1 Å². The van der Waals surface area contributed by atoms with Gasteiger partial charge in [-0.05, 0) is 37.3 Å². The normalized spacial score (nSPS) is 14.6. The van der Waals surface area contributed by atoms with E-state index in [4.69, 9.17) is 9.47 Å². The van der Waals surface area contributed by atoms with Gasteiger partial charge in [0, 0.05) is 17.3 Å². The van der Waals surface area contributed by atoms with Crippen LogP contribution in [0.25, 0.3) is 6.08 Å². The van der Waals surface area contributed by atoms with E-state index in [9.17, 15) is 27.2 Å². The highest BCUT2D eigenvalue weighted by Crippen LogP contribution is 2.33. The summed E-state index contributed by atoms with van der Waals surface area (Å²) in [6.07, 6.45) is 1.03. The smallest absolute Gasteiger partial charge is 0.387 e. The number of esters is 1. The van der Waals surface area contributed by atoms with E-state index in [0.29, 0.717) is 5.69 Å². The minimum absolute atomic E-state index is 0.00868. The first-order chi connectivity index (χ1) is 15.8. The first-order valence-corrected chi connectivity index (χ1v) is 9.49. The topological polar surface area (TPSA) is 83.1 Å². The number of carbonyl (C=O) groups is 2. The van der Waals surface area contributed by atoms with Crippen LogP contribution in [-0.2, 0) is 19.1 Å². The van der Waals surface area contributed by atoms with Crippen molar-refractivity contribution >= 4 is 23.5 Å². The van der Waals surface area contributed by atoms with Crippen molar-refractivity contribution in [3.63, 3.8) is 0 Å². The van der Waals surface area contributed by atoms with Crippen molar-refractivity contribution in [2.45, 2.75) is 20.1 Å². The van der Waals surface area contributed by atoms with E-state index < -0.39 is 47.8 Å². The molecule has 0 bridgehead atoms. The number of hydrogen-bond donors (Lipinski definition) is 1. The third-order valence-corrected chi connectivity index (χ3v) is 4.11. The predicted molar refractivity (Wildman–Crippen MR) is 107 cm³/mol. The molecule has 0 saturated heterocycles. The Bertz CT molecular complexity index is 1090. The third-order valence-electron chi connectivity index (χ3n) is 4.11. The number of hydrogen-bond acceptors (Lipinski definition) is 7. The average Bonchev–Trinajstić information content (AvgIpc) is 3.04. The molecular weight excluding hydrogens is 450 g/mol. The number of rotatable bonds is 9. The summed E-state index contributed by atoms with van der Waals surface area (Å²) >= 11 is 0. The lowest BCUT2D eigenvalue weighted by molar-refractivity contribution is -0.139. The highest BCUT2D eigenvalue weighted by molar-refractivity contribution is 6.26. The molecule has 1 heterocycles. The zero-order valence-corrected chi connectivity index (χ0v) is 17.0. The molecular formula is C22H17F4NO6. The standard InChI is InChI=1S/C22H17F4NO6/c1-2-30-20(29)17-18(28)16(32-19(17)27-13-6-4-3-5-7-13)10-12-8-9-14(31-21(23)24)11-15(12)33-22(25)26/h3-11,21-22,27H,2H2,1H3. The molecule has 0 fully saturated rings. The highest BCUT2D eigenvalue weighted by atomic mass is 19.3. The van der Waals surface area contributed by atoms with Gasteiger partial charge in [0.15, 0.2) is 11.3 Å². The van der Waals surface area contributed by atoms with Crippen LogP contribution in [0.5, 0.6) is 11.5 Å². The van der Waals surface area contributed by atoms with Crippen molar-refractivity contribution in [3.8, 4) is 11.5 Å². The molecule has 2 aromatic carbocycles. The van der Waals surface area contributed by atoms with Crippen LogP contribution in [0.2, 0.25) is 0 Å². The van der Waals surface area contributed by atoms with Gasteiger partial charge < -0.3 is 24.3 Å². The van der Waals surface area contributed by atoms with Gasteiger partial charge in [0.2, 0.25) is 11.7 Å². The molecule has 1 aliphatic rings. The number of ether oxygens (including phenoxy) is 4. The Morgan fingerprint density at radius 1 is 1.06 bits per heavy atom. The van der Waals surface area contributed by atoms with Gasteiger partial charge in [-0.25, -0.2) is 4.79 Å². The van der Waals surface area contributed by atoms with Crippen LogP contribution in [0.4, 0.5) is 23.2 Å². The van der Waals surface area contributed by atoms with E-state index in [2.05, 4.69) is 14.8 Å². The van der Waals surface area contributed by atoms with E-state index in [0.717, 1.165) is 24.3 Å². The summed E-state index contributed by atoms with van der Waals surface area (Å²) in [5, 5.41) is 2.79. The molecule has 1 aliphatic heterocycles. The molecule has 0 aliphatic carbocycles. The fourth-order valence-corrected chi connectivity index (χ4v) is 2.81. The second kappa shape index (κ2) is 10.5. The maximum atomic E-state index is 12.9. The van der Waals surface area contributed by atoms with Crippen LogP contribution in [0, 0.1) is 0 Å². The SMILES string of the molecule is CCOC(=O)C1=C(Nc2ccccc2)OC(=Cc2ccc(OC(F)F)cc2OC(F)F)C1=O. The third kappa shape index (κ3) is 6.03. The number of halogens is 4. The number of benzene rings is 2. The summed E-state index contributed by atoms with van der Waals surface area (Å²) in [4.78, 5) is 25.2. The molecule has 2 aromatic rings. The number of allylic oxidation sites excluding steroid dienone is 1. The van der Waals surface area contributed by atoms with Crippen LogP contribution in [0.15, 0.2) is 65.7 Å². The molecule has 3 rings (SSSR count). The second-order valence-corrected chi connectivity index (χ2v) is 6.31. The van der Waals surface area contributed by atoms with Crippen LogP contribution >= 0.6 is 0 Å². The number of ketones is 1. The van der Waals surface area contributed by atoms with Crippen molar-refractivity contribution in [2.24, 2.45) is 0 Å². The Labute approximate surface area is 185 Å². The molecule has 11 heteroatoms. The first-order valence-electron chi connectivity index (χ1n) is 9.49. The largest absolute Gasteiger partial charge is 0.462 e. The molecule has 0 unspecified atom stereocenters. The number of para-hydroxylation sites is 1. The molecule has 174 valence electrons. The molecule has 0 saturated carbocycles. The van der Waals surface area contributed by atoms with Crippen molar-refractivity contribution in [3.05, 3.63) is 71.3 Å². The van der Waals surface area contributed by atoms with E-state index in [1.807, 2.05) is 0 Å². The van der Waals surface area contributed by atoms with Crippen molar-refractivity contribution in [1.82, 2.24) is 0 Å². The fourth-order valence-electron chi connectivity index (χ4n) is 2.81. The van der Waals surface area contributed by atoms with Gasteiger partial charge >= 0.3 is 19.2 Å². The summed E-state index contributed by atoms with van der Waals surface area (Å²) in [7, 11) is 0. The lowest BCUT2D eigenvalue weighted by Gasteiger charge is -2.12. The van der Waals surface area contributed by atoms with Crippen LogP contribution < -0.4 is 14.8 Å². The predicted octanol–water partition coefficient (Wildman–Crippen LogP) is 4.72. The number of Topliss-reactive ketones (excluding diaryl/α,β-unsaturated/α-hetero) is 1. The lowest BCUT2D eigenvalue weighted by Crippen LogP contribution is -2.16. The van der Waals surface area contributed by atoms with Gasteiger partial charge in [-0.15, -0.1) is 0 Å². The maximum Gasteiger partial charge on any atom is 0.387 e. The van der Waals surface area contributed by atoms with Gasteiger partial charge in [0.05, 0.1) is 6.61 Å². The Hall–Kier alpha value is -4.02. The quantitative estimate of drug-likeness (QED) is 0.247. The molecule has 0 atom stereocenters. The summed E-state index contributed by atoms with van der Waals surface area (Å²) in [5.41, 5.74) is -0.0380. The number of nitrogens with one attached hydrogen (secondary N) is 1. The maximum absolute atomic E-state index is 12.9. The highest BCUT2D eigenvalue weighted by Gasteiger charge is 2.37. The monoisotopic (exact) mass is 467 g/mol. The zero-order valence-electron chi connectivity index (χ0n) is 17.0. The molecule has 33 heavy (non-hydrogen) atoms. The van der Waals surface area contributed by atoms with Gasteiger partial charge in [-0.3, -0.25) is 4.79 Å². The Kier molecular flexibility index (Phi) is 7.54. The van der Waals surface area contributed by atoms with Gasteiger partial charge in [0.25, 0.3) is 0 Å². The second-order valence-electron chi connectivity index (χ2n) is 6.31. The Balaban J connectivity index is 1.97. The number of alkyl halides is 4. The first kappa shape index (κ1) is 23.6. The molecule has 0 amide bonds. The van der Waals surface area contributed by atoms with E-state index in [1.165, 1.54) is 0 Å². The number of carbonyl (C=O) groups excluding carboxylic acids is 2. The molecule has 0 radical (unpaired) electrons. The van der Waals surface area contributed by atoms with Gasteiger partial charge in [-0.2, -0.15) is 17.6 Å². The molecule has 1 N–H and O–H groups in total. The Morgan fingerprint density at radius 3 is 2.39 bits per heavy atom. The average molecular weight is 467 g/mol. The van der Waals surface area contributed by atoms with Crippen LogP contribution in [0.1, 0.15) is 12.5 Å². The van der Waals surface area contributed by atoms with E-state index >= 15 is 0 Å². The zero-order chi connectivity index (χ0) is 24.0. The minimum atomic E-state index is -3.28. The van der Waals surface area contributed by atoms with Crippen molar-refractivity contribution in [1.29, 1.82) is 0 Å². The van der Waals surface area contributed by atoms with Crippen molar-refractivity contribution in [2.75, 3.05) is 11.9 Å². The molecule has 0 spiro atoms. The number of anilines is 1. The van der Waals surface area contributed by atoms with E-state index in [-0.39, 0.29) is 18.1 Å². The van der Waals surface area contributed by atoms with Crippen LogP contribution in [-0.4, -0.2) is 31.6 Å². The van der Waals surface area contributed by atoms with Crippen LogP contribution in [0.3, 0.4) is 0 Å². The molecule has 0 aromatic heterocycles. The summed E-state index contributed by atoms with van der Waals surface area (Å²) < 4.78 is 69.5. The minimum Gasteiger partial charge on any atom is -0.462 e. The summed E-state index contributed by atoms with van der Waals surface area (Å²) in [6, 6.07) is 11.5. The van der Waals surface area contributed by atoms with E-state index in [1.54, 1.807) is 37.3 Å². The van der Waals surface area contributed by atoms with Gasteiger partial charge in [-0.1, -0.05) is 18.2 Å². The summed E-state index contributed by atoms with van der Waals surface area (Å²) in [6.45, 7) is -4.92. The Morgan fingerprint density at radius 2 is 1.76 bits per heavy atom. The molecule has 7 nitrogen and oxygen atoms in total. The fraction of sp³-hybridized carbons (Fsp3) is 0.182. The summed E-state index contributed by atoms with van der Waals surface area (Å²) in [5.74, 6) is -3.42.